The lowest BCUT2D eigenvalue weighted by Crippen LogP contribution is -1.88. The number of hydrogen-bond acceptors (Lipinski definition) is 1. The molecular weight excluding hydrogens is 184 g/mol. The van der Waals surface area contributed by atoms with E-state index in [0.29, 0.717) is 5.75 Å². The predicted molar refractivity (Wildman–Crippen MR) is 60.9 cm³/mol. The normalized spacial score (nSPS) is 10.2. The zero-order chi connectivity index (χ0) is 10.7. The van der Waals surface area contributed by atoms with Gasteiger partial charge in [-0.25, -0.2) is 0 Å². The molecule has 0 fully saturated rings. The van der Waals surface area contributed by atoms with Crippen LogP contribution in [0.25, 0.3) is 0 Å². The zero-order valence-electron chi connectivity index (χ0n) is 8.70. The van der Waals surface area contributed by atoms with E-state index in [1.54, 1.807) is 6.07 Å². The van der Waals surface area contributed by atoms with Crippen molar-refractivity contribution < 1.29 is 5.11 Å². The van der Waals surface area contributed by atoms with Gasteiger partial charge in [0.15, 0.2) is 0 Å². The van der Waals surface area contributed by atoms with Crippen LogP contribution in [0.4, 0.5) is 0 Å². The minimum absolute atomic E-state index is 0.361. The molecule has 1 N–H and O–H groups in total. The Morgan fingerprint density at radius 1 is 1.07 bits per heavy atom. The monoisotopic (exact) mass is 197 g/mol. The molecule has 2 aromatic rings. The van der Waals surface area contributed by atoms with Crippen molar-refractivity contribution in [2.75, 3.05) is 0 Å². The standard InChI is InChI=1S/C14H13O/c1-11-9-13(7-8-14(11)15)10-12-5-3-2-4-6-12/h3-9,15H,10H2,1H3. The van der Waals surface area contributed by atoms with Crippen molar-refractivity contribution in [3.05, 3.63) is 65.2 Å². The Labute approximate surface area is 90.0 Å². The Kier molecular flexibility index (Phi) is 2.72. The van der Waals surface area contributed by atoms with Crippen LogP contribution in [0.15, 0.2) is 42.5 Å². The number of aryl methyl sites for hydroxylation is 1. The van der Waals surface area contributed by atoms with Crippen molar-refractivity contribution in [1.29, 1.82) is 0 Å². The largest absolute Gasteiger partial charge is 0.508 e. The van der Waals surface area contributed by atoms with Gasteiger partial charge >= 0.3 is 0 Å². The van der Waals surface area contributed by atoms with Crippen molar-refractivity contribution in [3.8, 4) is 5.75 Å². The molecule has 2 aromatic carbocycles. The topological polar surface area (TPSA) is 20.2 Å². The fraction of sp³-hybridized carbons (Fsp3) is 0.143. The highest BCUT2D eigenvalue weighted by Crippen LogP contribution is 2.18. The average molecular weight is 197 g/mol. The van der Waals surface area contributed by atoms with E-state index in [9.17, 15) is 5.11 Å². The first kappa shape index (κ1) is 9.78. The molecule has 15 heavy (non-hydrogen) atoms. The maximum Gasteiger partial charge on any atom is 0.118 e. The number of hydrogen-bond donors (Lipinski definition) is 1. The summed E-state index contributed by atoms with van der Waals surface area (Å²) in [5.41, 5.74) is 3.41. The third-order valence-corrected chi connectivity index (χ3v) is 2.46. The number of benzene rings is 2. The zero-order valence-corrected chi connectivity index (χ0v) is 8.70. The fourth-order valence-electron chi connectivity index (χ4n) is 1.60. The number of phenolic OH excluding ortho intramolecular Hbond substituents is 1. The summed E-state index contributed by atoms with van der Waals surface area (Å²) in [6, 6.07) is 16.7. The number of phenols is 1. The Morgan fingerprint density at radius 2 is 1.80 bits per heavy atom. The quantitative estimate of drug-likeness (QED) is 0.784. The Hall–Kier alpha value is -1.76. The molecule has 0 amide bonds. The molecule has 1 nitrogen and oxygen atoms in total. The lowest BCUT2D eigenvalue weighted by Gasteiger charge is -2.04. The van der Waals surface area contributed by atoms with Crippen LogP contribution in [0.2, 0.25) is 0 Å². The molecule has 0 aliphatic carbocycles. The van der Waals surface area contributed by atoms with E-state index in [0.717, 1.165) is 12.0 Å². The van der Waals surface area contributed by atoms with Crippen LogP contribution in [-0.2, 0) is 6.42 Å². The van der Waals surface area contributed by atoms with Crippen molar-refractivity contribution in [3.63, 3.8) is 0 Å². The minimum atomic E-state index is 0.361. The lowest BCUT2D eigenvalue weighted by molar-refractivity contribution is 0.471. The molecule has 0 unspecified atom stereocenters. The summed E-state index contributed by atoms with van der Waals surface area (Å²) in [6.07, 6.45) is 0.899. The number of aromatic hydroxyl groups is 1. The molecular formula is C14H13O. The van der Waals surface area contributed by atoms with Gasteiger partial charge in [0, 0.05) is 0 Å². The summed E-state index contributed by atoms with van der Waals surface area (Å²) in [7, 11) is 0. The fourth-order valence-corrected chi connectivity index (χ4v) is 1.60. The highest BCUT2D eigenvalue weighted by atomic mass is 16.3. The summed E-state index contributed by atoms with van der Waals surface area (Å²) < 4.78 is 0. The van der Waals surface area contributed by atoms with Crippen LogP contribution in [0.5, 0.6) is 5.75 Å². The maximum atomic E-state index is 9.40. The Bertz CT molecular complexity index is 446. The van der Waals surface area contributed by atoms with E-state index < -0.39 is 0 Å². The molecule has 1 radical (unpaired) electrons. The molecule has 75 valence electrons. The summed E-state index contributed by atoms with van der Waals surface area (Å²) >= 11 is 0. The molecule has 0 aliphatic heterocycles. The second-order valence-corrected chi connectivity index (χ2v) is 3.71. The first-order chi connectivity index (χ1) is 7.25. The minimum Gasteiger partial charge on any atom is -0.508 e. The summed E-state index contributed by atoms with van der Waals surface area (Å²) in [5.74, 6) is 0.361. The summed E-state index contributed by atoms with van der Waals surface area (Å²) in [4.78, 5) is 0. The smallest absolute Gasteiger partial charge is 0.118 e. The maximum absolute atomic E-state index is 9.40. The predicted octanol–water partition coefficient (Wildman–Crippen LogP) is 3.09. The molecule has 0 spiro atoms. The van der Waals surface area contributed by atoms with E-state index in [1.807, 2.05) is 31.2 Å². The van der Waals surface area contributed by atoms with Crippen LogP contribution < -0.4 is 0 Å². The molecule has 2 rings (SSSR count). The second kappa shape index (κ2) is 4.18. The Balaban J connectivity index is 2.22. The first-order valence-corrected chi connectivity index (χ1v) is 4.99. The molecule has 0 aromatic heterocycles. The molecule has 0 bridgehead atoms. The summed E-state index contributed by atoms with van der Waals surface area (Å²) in [5, 5.41) is 9.40. The van der Waals surface area contributed by atoms with Gasteiger partial charge in [-0.3, -0.25) is 0 Å². The van der Waals surface area contributed by atoms with Gasteiger partial charge in [0.25, 0.3) is 0 Å². The molecule has 0 saturated carbocycles. The lowest BCUT2D eigenvalue weighted by atomic mass is 10.0. The van der Waals surface area contributed by atoms with E-state index in [-0.39, 0.29) is 0 Å². The van der Waals surface area contributed by atoms with E-state index >= 15 is 0 Å². The van der Waals surface area contributed by atoms with Crippen molar-refractivity contribution >= 4 is 0 Å². The first-order valence-electron chi connectivity index (χ1n) is 4.99. The van der Waals surface area contributed by atoms with Crippen molar-refractivity contribution in [2.24, 2.45) is 0 Å². The molecule has 1 heteroatoms. The third-order valence-electron chi connectivity index (χ3n) is 2.46. The van der Waals surface area contributed by atoms with Gasteiger partial charge in [0.05, 0.1) is 0 Å². The Morgan fingerprint density at radius 3 is 2.47 bits per heavy atom. The van der Waals surface area contributed by atoms with Gasteiger partial charge in [-0.15, -0.1) is 0 Å². The van der Waals surface area contributed by atoms with E-state index in [2.05, 4.69) is 18.2 Å². The van der Waals surface area contributed by atoms with Gasteiger partial charge < -0.3 is 5.11 Å². The van der Waals surface area contributed by atoms with E-state index in [1.165, 1.54) is 11.1 Å². The second-order valence-electron chi connectivity index (χ2n) is 3.71. The van der Waals surface area contributed by atoms with Gasteiger partial charge in [0.2, 0.25) is 0 Å². The van der Waals surface area contributed by atoms with Crippen LogP contribution >= 0.6 is 0 Å². The third kappa shape index (κ3) is 2.38. The highest BCUT2D eigenvalue weighted by Gasteiger charge is 1.99. The van der Waals surface area contributed by atoms with Gasteiger partial charge in [-0.1, -0.05) is 36.4 Å². The van der Waals surface area contributed by atoms with Gasteiger partial charge in [0.1, 0.15) is 5.75 Å². The van der Waals surface area contributed by atoms with Crippen LogP contribution in [0.1, 0.15) is 16.7 Å². The van der Waals surface area contributed by atoms with Crippen LogP contribution in [-0.4, -0.2) is 5.11 Å². The SMILES string of the molecule is Cc1cc(Cc2cc[c]cc2)ccc1O. The van der Waals surface area contributed by atoms with Crippen molar-refractivity contribution in [2.45, 2.75) is 13.3 Å². The number of rotatable bonds is 2. The van der Waals surface area contributed by atoms with Crippen LogP contribution in [0, 0.1) is 13.0 Å². The van der Waals surface area contributed by atoms with Gasteiger partial charge in [-0.2, -0.15) is 0 Å². The average Bonchev–Trinajstić information content (AvgIpc) is 2.25. The van der Waals surface area contributed by atoms with Crippen molar-refractivity contribution in [1.82, 2.24) is 0 Å². The van der Waals surface area contributed by atoms with Crippen LogP contribution in [0.3, 0.4) is 0 Å². The molecule has 0 aliphatic rings. The molecule has 0 atom stereocenters. The summed E-state index contributed by atoms with van der Waals surface area (Å²) in [6.45, 7) is 1.91. The molecule has 0 heterocycles. The highest BCUT2D eigenvalue weighted by molar-refractivity contribution is 5.37. The van der Waals surface area contributed by atoms with Gasteiger partial charge in [-0.05, 0) is 42.2 Å². The van der Waals surface area contributed by atoms with E-state index in [4.69, 9.17) is 0 Å². The molecule has 0 saturated heterocycles.